The third-order valence-corrected chi connectivity index (χ3v) is 15.5. The van der Waals surface area contributed by atoms with Gasteiger partial charge in [0, 0.05) is 36.9 Å². The van der Waals surface area contributed by atoms with Gasteiger partial charge in [-0.05, 0) is 106 Å². The number of aromatic nitrogens is 2. The maximum Gasteiger partial charge on any atom is 0.160 e. The van der Waals surface area contributed by atoms with Crippen molar-refractivity contribution >= 4 is 74.6 Å². The molecule has 0 N–H and O–H groups in total. The molecule has 0 fully saturated rings. The van der Waals surface area contributed by atoms with Crippen LogP contribution < -0.4 is 0 Å². The lowest BCUT2D eigenvalue weighted by atomic mass is 9.89. The van der Waals surface area contributed by atoms with Crippen molar-refractivity contribution in [2.75, 3.05) is 0 Å². The number of hydrogen-bond donors (Lipinski definition) is 0. The lowest BCUT2D eigenvalue weighted by Gasteiger charge is -2.15. The highest BCUT2D eigenvalue weighted by molar-refractivity contribution is 7.26. The van der Waals surface area contributed by atoms with E-state index in [9.17, 15) is 0 Å². The number of thiophene rings is 1. The number of hydrogen-bond acceptors (Lipinski definition) is 3. The summed E-state index contributed by atoms with van der Waals surface area (Å²) in [6, 6.07) is 92.4. The Balaban J connectivity index is 0.803. The summed E-state index contributed by atoms with van der Waals surface area (Å²) in [6.07, 6.45) is 0. The van der Waals surface area contributed by atoms with E-state index in [0.29, 0.717) is 5.82 Å². The fourth-order valence-corrected chi connectivity index (χ4v) is 12.1. The lowest BCUT2D eigenvalue weighted by molar-refractivity contribution is 1.18. The number of rotatable bonds is 7. The van der Waals surface area contributed by atoms with Crippen LogP contribution in [0.25, 0.3) is 142 Å². The average Bonchev–Trinajstić information content (AvgIpc) is 3.84. The Labute approximate surface area is 415 Å². The van der Waals surface area contributed by atoms with E-state index in [-0.39, 0.29) is 0 Å². The van der Waals surface area contributed by atoms with E-state index in [0.717, 1.165) is 33.5 Å². The van der Waals surface area contributed by atoms with Crippen molar-refractivity contribution in [3.8, 4) is 78.4 Å². The molecule has 14 aromatic rings. The molecule has 0 radical (unpaired) electrons. The first-order valence-electron chi connectivity index (χ1n) is 24.2. The van der Waals surface area contributed by atoms with Gasteiger partial charge in [-0.1, -0.05) is 237 Å². The van der Waals surface area contributed by atoms with Gasteiger partial charge in [-0.15, -0.1) is 11.3 Å². The maximum atomic E-state index is 5.27. The molecule has 0 saturated heterocycles. The van der Waals surface area contributed by atoms with Crippen molar-refractivity contribution in [1.29, 1.82) is 0 Å². The molecule has 2 nitrogen and oxygen atoms in total. The van der Waals surface area contributed by atoms with Gasteiger partial charge in [0.2, 0.25) is 0 Å². The monoisotopic (exact) mass is 918 g/mol. The molecule has 0 aliphatic heterocycles. The highest BCUT2D eigenvalue weighted by Crippen LogP contribution is 2.43. The molecule has 3 heteroatoms. The first kappa shape index (κ1) is 41.0. The van der Waals surface area contributed by atoms with Crippen molar-refractivity contribution < 1.29 is 0 Å². The third kappa shape index (κ3) is 7.09. The van der Waals surface area contributed by atoms with E-state index < -0.39 is 0 Å². The van der Waals surface area contributed by atoms with Gasteiger partial charge in [-0.25, -0.2) is 9.97 Å². The Morgan fingerprint density at radius 3 is 1.56 bits per heavy atom. The Morgan fingerprint density at radius 1 is 0.254 bits per heavy atom. The summed E-state index contributed by atoms with van der Waals surface area (Å²) >= 11 is 1.86. The zero-order chi connectivity index (χ0) is 46.8. The molecule has 0 aliphatic rings. The molecule has 330 valence electrons. The molecule has 2 aromatic heterocycles. The molecule has 0 aliphatic carbocycles. The minimum atomic E-state index is 0.702. The lowest BCUT2D eigenvalue weighted by Crippen LogP contribution is -1.97. The second-order valence-electron chi connectivity index (χ2n) is 18.4. The van der Waals surface area contributed by atoms with Crippen LogP contribution in [0.4, 0.5) is 0 Å². The molecule has 0 unspecified atom stereocenters. The van der Waals surface area contributed by atoms with E-state index in [1.165, 1.54) is 102 Å². The van der Waals surface area contributed by atoms with Crippen LogP contribution in [0.3, 0.4) is 0 Å². The largest absolute Gasteiger partial charge is 0.228 e. The summed E-state index contributed by atoms with van der Waals surface area (Å²) in [5.41, 5.74) is 14.5. The fraction of sp³-hybridized carbons (Fsp3) is 0. The Bertz CT molecular complexity index is 4360. The smallest absolute Gasteiger partial charge is 0.160 e. The number of benzene rings is 12. The average molecular weight is 919 g/mol. The van der Waals surface area contributed by atoms with Crippen LogP contribution in [-0.4, -0.2) is 9.97 Å². The van der Waals surface area contributed by atoms with Crippen LogP contribution in [0, 0.1) is 0 Å². The first-order chi connectivity index (χ1) is 35.2. The molecule has 0 bridgehead atoms. The minimum Gasteiger partial charge on any atom is -0.228 e. The summed E-state index contributed by atoms with van der Waals surface area (Å²) in [4.78, 5) is 10.5. The summed E-state index contributed by atoms with van der Waals surface area (Å²) in [5.74, 6) is 0.702. The molecule has 0 amide bonds. The topological polar surface area (TPSA) is 25.8 Å². The first-order valence-corrected chi connectivity index (χ1v) is 25.0. The van der Waals surface area contributed by atoms with Crippen molar-refractivity contribution in [3.05, 3.63) is 255 Å². The van der Waals surface area contributed by atoms with Gasteiger partial charge in [0.15, 0.2) is 5.82 Å². The highest BCUT2D eigenvalue weighted by atomic mass is 32.1. The maximum absolute atomic E-state index is 5.27. The number of nitrogens with zero attached hydrogens (tertiary/aromatic N) is 2. The van der Waals surface area contributed by atoms with E-state index >= 15 is 0 Å². The van der Waals surface area contributed by atoms with Crippen LogP contribution in [0.15, 0.2) is 255 Å². The van der Waals surface area contributed by atoms with Crippen molar-refractivity contribution in [2.45, 2.75) is 0 Å². The van der Waals surface area contributed by atoms with Gasteiger partial charge in [-0.3, -0.25) is 0 Å². The predicted molar refractivity (Wildman–Crippen MR) is 303 cm³/mol. The second-order valence-corrected chi connectivity index (χ2v) is 19.5. The fourth-order valence-electron chi connectivity index (χ4n) is 10.8. The van der Waals surface area contributed by atoms with Gasteiger partial charge in [-0.2, -0.15) is 0 Å². The molecule has 71 heavy (non-hydrogen) atoms. The highest BCUT2D eigenvalue weighted by Gasteiger charge is 2.17. The predicted octanol–water partition coefficient (Wildman–Crippen LogP) is 19.1. The molecule has 14 rings (SSSR count). The molecule has 0 saturated carbocycles. The van der Waals surface area contributed by atoms with Gasteiger partial charge in [0.1, 0.15) is 0 Å². The summed E-state index contributed by atoms with van der Waals surface area (Å²) in [6.45, 7) is 0. The van der Waals surface area contributed by atoms with Crippen LogP contribution in [0.2, 0.25) is 0 Å². The Hall–Kier alpha value is -9.02. The van der Waals surface area contributed by atoms with E-state index in [1.54, 1.807) is 0 Å². The van der Waals surface area contributed by atoms with Crippen molar-refractivity contribution in [2.24, 2.45) is 0 Å². The molecular formula is C68H42N2S. The summed E-state index contributed by atoms with van der Waals surface area (Å²) in [5, 5.41) is 12.6. The summed E-state index contributed by atoms with van der Waals surface area (Å²) in [7, 11) is 0. The van der Waals surface area contributed by atoms with E-state index in [2.05, 4.69) is 237 Å². The second kappa shape index (κ2) is 16.9. The van der Waals surface area contributed by atoms with Gasteiger partial charge >= 0.3 is 0 Å². The normalized spacial score (nSPS) is 11.7. The van der Waals surface area contributed by atoms with Gasteiger partial charge in [0.25, 0.3) is 0 Å². The van der Waals surface area contributed by atoms with Crippen LogP contribution in [0.1, 0.15) is 0 Å². The van der Waals surface area contributed by atoms with E-state index in [4.69, 9.17) is 9.97 Å². The third-order valence-electron chi connectivity index (χ3n) is 14.3. The standard InChI is InChI=1S/C68H42N2S/c1-2-14-50(15-3-1)68-69-63(48-33-31-47(32-34-48)55-22-12-23-61-59-21-10-11-24-65(59)71-67(55)61)42-64(70-68)58-40-39-53(56-19-8-9-20-57(56)58)46-29-25-43(26-30-46)44-27-35-49(36-28-44)66-54-18-7-5-16-51(54)41-62-52-17-6-4-13-45(52)37-38-60(62)66/h1-42H. The SMILES string of the molecule is c1ccc(-c2nc(-c3ccc(-c4cccc5c4sc4ccccc45)cc3)cc(-c3ccc(-c4ccc(-c5ccc(-c6c7ccccc7cc7c6ccc6ccccc67)cc5)cc4)c4ccccc34)n2)cc1. The zero-order valence-corrected chi connectivity index (χ0v) is 39.4. The van der Waals surface area contributed by atoms with E-state index in [1.807, 2.05) is 29.5 Å². The van der Waals surface area contributed by atoms with Crippen molar-refractivity contribution in [3.63, 3.8) is 0 Å². The summed E-state index contributed by atoms with van der Waals surface area (Å²) < 4.78 is 2.62. The van der Waals surface area contributed by atoms with Crippen LogP contribution >= 0.6 is 11.3 Å². The molecule has 12 aromatic carbocycles. The van der Waals surface area contributed by atoms with Crippen LogP contribution in [0.5, 0.6) is 0 Å². The zero-order valence-electron chi connectivity index (χ0n) is 38.6. The van der Waals surface area contributed by atoms with Gasteiger partial charge in [0.05, 0.1) is 11.4 Å². The Morgan fingerprint density at radius 2 is 0.803 bits per heavy atom. The molecule has 0 atom stereocenters. The minimum absolute atomic E-state index is 0.702. The Kier molecular flexibility index (Phi) is 9.75. The van der Waals surface area contributed by atoms with Crippen LogP contribution in [-0.2, 0) is 0 Å². The quantitative estimate of drug-likeness (QED) is 0.118. The molecule has 0 spiro atoms. The molecule has 2 heterocycles. The molecular weight excluding hydrogens is 877 g/mol. The van der Waals surface area contributed by atoms with Crippen molar-refractivity contribution in [1.82, 2.24) is 9.97 Å². The number of fused-ring (bicyclic) bond motifs is 8. The van der Waals surface area contributed by atoms with Gasteiger partial charge < -0.3 is 0 Å².